The molecule has 2 saturated heterocycles. The third kappa shape index (κ3) is 3.06. The van der Waals surface area contributed by atoms with Gasteiger partial charge in [0, 0.05) is 14.0 Å². The minimum absolute atomic E-state index is 0.264. The molecule has 110 valence electrons. The molecule has 0 bridgehead atoms. The molecule has 2 fully saturated rings. The van der Waals surface area contributed by atoms with Crippen LogP contribution in [0.1, 0.15) is 20.8 Å². The van der Waals surface area contributed by atoms with Gasteiger partial charge in [0.25, 0.3) is 0 Å². The maximum atomic E-state index is 11.2. The lowest BCUT2D eigenvalue weighted by Gasteiger charge is -2.49. The van der Waals surface area contributed by atoms with E-state index < -0.39 is 36.4 Å². The molecule has 5 atom stereocenters. The first-order valence-corrected chi connectivity index (χ1v) is 6.29. The van der Waals surface area contributed by atoms with Crippen LogP contribution < -0.4 is 5.32 Å². The quantitative estimate of drug-likeness (QED) is 0.698. The Balaban J connectivity index is 2.15. The van der Waals surface area contributed by atoms with Crippen LogP contribution in [0.15, 0.2) is 0 Å². The van der Waals surface area contributed by atoms with Crippen LogP contribution in [-0.4, -0.2) is 61.2 Å². The second kappa shape index (κ2) is 5.34. The molecule has 2 rings (SSSR count). The summed E-state index contributed by atoms with van der Waals surface area (Å²) in [4.78, 5) is 11.2. The summed E-state index contributed by atoms with van der Waals surface area (Å²) in [7, 11) is 1.46. The van der Waals surface area contributed by atoms with E-state index >= 15 is 0 Å². The van der Waals surface area contributed by atoms with Crippen molar-refractivity contribution in [3.05, 3.63) is 0 Å². The van der Waals surface area contributed by atoms with Crippen molar-refractivity contribution in [2.24, 2.45) is 0 Å². The molecule has 0 radical (unpaired) electrons. The van der Waals surface area contributed by atoms with Crippen LogP contribution in [0.3, 0.4) is 0 Å². The zero-order valence-corrected chi connectivity index (χ0v) is 11.6. The van der Waals surface area contributed by atoms with E-state index in [0.717, 1.165) is 0 Å². The van der Waals surface area contributed by atoms with E-state index in [0.29, 0.717) is 6.61 Å². The largest absolute Gasteiger partial charge is 0.388 e. The smallest absolute Gasteiger partial charge is 0.217 e. The van der Waals surface area contributed by atoms with Crippen molar-refractivity contribution < 1.29 is 28.8 Å². The number of nitrogens with one attached hydrogen (secondary N) is 1. The predicted molar refractivity (Wildman–Crippen MR) is 64.2 cm³/mol. The van der Waals surface area contributed by atoms with Crippen molar-refractivity contribution in [1.29, 1.82) is 0 Å². The number of carbonyl (C=O) groups is 1. The molecule has 2 aliphatic rings. The van der Waals surface area contributed by atoms with Gasteiger partial charge >= 0.3 is 0 Å². The summed E-state index contributed by atoms with van der Waals surface area (Å²) in [6.45, 7) is 5.22. The maximum Gasteiger partial charge on any atom is 0.217 e. The minimum Gasteiger partial charge on any atom is -0.388 e. The molecule has 0 aliphatic carbocycles. The number of hydrogen-bond acceptors (Lipinski definition) is 6. The number of aliphatic hydroxyl groups is 1. The first kappa shape index (κ1) is 14.7. The first-order valence-electron chi connectivity index (χ1n) is 6.29. The third-order valence-electron chi connectivity index (χ3n) is 3.29. The number of fused-ring (bicyclic) bond motifs is 1. The van der Waals surface area contributed by atoms with Crippen LogP contribution in [0.4, 0.5) is 0 Å². The van der Waals surface area contributed by atoms with E-state index in [4.69, 9.17) is 18.9 Å². The lowest BCUT2D eigenvalue weighted by Crippen LogP contribution is -2.68. The van der Waals surface area contributed by atoms with Crippen molar-refractivity contribution in [3.8, 4) is 0 Å². The number of amides is 1. The van der Waals surface area contributed by atoms with Gasteiger partial charge in [0.1, 0.15) is 24.4 Å². The molecule has 7 heteroatoms. The van der Waals surface area contributed by atoms with Gasteiger partial charge in [-0.2, -0.15) is 0 Å². The average molecular weight is 275 g/mol. The molecule has 0 saturated carbocycles. The summed E-state index contributed by atoms with van der Waals surface area (Å²) in [5.41, 5.74) is 0. The molecule has 2 aliphatic heterocycles. The van der Waals surface area contributed by atoms with Gasteiger partial charge in [-0.1, -0.05) is 0 Å². The number of hydrogen-bond donors (Lipinski definition) is 2. The van der Waals surface area contributed by atoms with Gasteiger partial charge < -0.3 is 29.4 Å². The molecule has 0 aromatic heterocycles. The van der Waals surface area contributed by atoms with E-state index in [1.54, 1.807) is 13.8 Å². The van der Waals surface area contributed by atoms with E-state index in [9.17, 15) is 9.90 Å². The molecule has 7 nitrogen and oxygen atoms in total. The Morgan fingerprint density at radius 3 is 2.74 bits per heavy atom. The summed E-state index contributed by atoms with van der Waals surface area (Å²) < 4.78 is 22.0. The van der Waals surface area contributed by atoms with Gasteiger partial charge in [0.05, 0.1) is 6.61 Å². The van der Waals surface area contributed by atoms with E-state index in [1.165, 1.54) is 14.0 Å². The van der Waals surface area contributed by atoms with Gasteiger partial charge in [-0.05, 0) is 13.8 Å². The monoisotopic (exact) mass is 275 g/mol. The third-order valence-corrected chi connectivity index (χ3v) is 3.29. The van der Waals surface area contributed by atoms with Crippen molar-refractivity contribution in [2.45, 2.75) is 57.2 Å². The highest BCUT2D eigenvalue weighted by atomic mass is 16.8. The summed E-state index contributed by atoms with van der Waals surface area (Å²) in [5.74, 6) is -1.05. The lowest BCUT2D eigenvalue weighted by atomic mass is 9.95. The van der Waals surface area contributed by atoms with Gasteiger partial charge in [-0.15, -0.1) is 0 Å². The van der Waals surface area contributed by atoms with Crippen LogP contribution in [0, 0.1) is 0 Å². The van der Waals surface area contributed by atoms with Crippen LogP contribution in [-0.2, 0) is 23.7 Å². The van der Waals surface area contributed by atoms with Gasteiger partial charge in [-0.25, -0.2) is 0 Å². The highest BCUT2D eigenvalue weighted by molar-refractivity contribution is 5.73. The topological polar surface area (TPSA) is 86.2 Å². The van der Waals surface area contributed by atoms with Crippen LogP contribution in [0.5, 0.6) is 0 Å². The predicted octanol–water partition coefficient (Wildman–Crippen LogP) is -0.625. The highest BCUT2D eigenvalue weighted by Gasteiger charge is 2.51. The molecule has 0 aromatic rings. The summed E-state index contributed by atoms with van der Waals surface area (Å²) in [6.07, 6.45) is -2.63. The van der Waals surface area contributed by atoms with E-state index in [1.807, 2.05) is 0 Å². The molecule has 19 heavy (non-hydrogen) atoms. The Kier molecular flexibility index (Phi) is 4.12. The fourth-order valence-electron chi connectivity index (χ4n) is 2.43. The molecule has 0 aromatic carbocycles. The minimum atomic E-state index is -0.921. The zero-order valence-electron chi connectivity index (χ0n) is 11.6. The first-order chi connectivity index (χ1) is 8.84. The average Bonchev–Trinajstić information content (AvgIpc) is 2.32. The molecule has 0 spiro atoms. The summed E-state index contributed by atoms with van der Waals surface area (Å²) in [5, 5.41) is 13.0. The summed E-state index contributed by atoms with van der Waals surface area (Å²) >= 11 is 0. The van der Waals surface area contributed by atoms with Crippen LogP contribution in [0.2, 0.25) is 0 Å². The lowest BCUT2D eigenvalue weighted by molar-refractivity contribution is -0.366. The molecule has 0 unspecified atom stereocenters. The van der Waals surface area contributed by atoms with Crippen molar-refractivity contribution in [1.82, 2.24) is 5.32 Å². The Labute approximate surface area is 112 Å². The SMILES string of the molecule is CO[C@@H]1O[C@@H]2COC(C)(C)O[C@H]2[C@H](O)[C@H]1NC(C)=O. The number of methoxy groups -OCH3 is 1. The van der Waals surface area contributed by atoms with E-state index in [2.05, 4.69) is 5.32 Å². The van der Waals surface area contributed by atoms with Gasteiger partial charge in [0.15, 0.2) is 12.1 Å². The Bertz CT molecular complexity index is 347. The fraction of sp³-hybridized carbons (Fsp3) is 0.917. The van der Waals surface area contributed by atoms with Crippen LogP contribution >= 0.6 is 0 Å². The Morgan fingerprint density at radius 2 is 2.16 bits per heavy atom. The molecular weight excluding hydrogens is 254 g/mol. The van der Waals surface area contributed by atoms with Crippen molar-refractivity contribution in [3.63, 3.8) is 0 Å². The van der Waals surface area contributed by atoms with Crippen molar-refractivity contribution >= 4 is 5.91 Å². The van der Waals surface area contributed by atoms with Crippen molar-refractivity contribution in [2.75, 3.05) is 13.7 Å². The molecule has 2 heterocycles. The number of carbonyl (C=O) groups excluding carboxylic acids is 1. The van der Waals surface area contributed by atoms with E-state index in [-0.39, 0.29) is 5.91 Å². The highest BCUT2D eigenvalue weighted by Crippen LogP contribution is 2.32. The molecular formula is C12H21NO6. The zero-order chi connectivity index (χ0) is 14.2. The van der Waals surface area contributed by atoms with Gasteiger partial charge in [0.2, 0.25) is 5.91 Å². The van der Waals surface area contributed by atoms with Crippen LogP contribution in [0.25, 0.3) is 0 Å². The Hall–Kier alpha value is -0.730. The second-order valence-corrected chi connectivity index (χ2v) is 5.29. The normalized spacial score (nSPS) is 41.4. The second-order valence-electron chi connectivity index (χ2n) is 5.29. The number of aliphatic hydroxyl groups excluding tert-OH is 1. The molecule has 2 N–H and O–H groups in total. The Morgan fingerprint density at radius 1 is 1.47 bits per heavy atom. The standard InChI is InChI=1S/C12H21NO6/c1-6(14)13-8-9(15)10-7(18-11(8)16-4)5-17-12(2,3)19-10/h7-11,15H,5H2,1-4H3,(H,13,14)/t7-,8-,9-,10-,11-/m1/s1. The fourth-order valence-corrected chi connectivity index (χ4v) is 2.43. The number of rotatable bonds is 2. The number of ether oxygens (including phenoxy) is 4. The molecule has 1 amide bonds. The van der Waals surface area contributed by atoms with Gasteiger partial charge in [-0.3, -0.25) is 4.79 Å². The maximum absolute atomic E-state index is 11.2. The summed E-state index contributed by atoms with van der Waals surface area (Å²) in [6, 6.07) is -0.669.